The Bertz CT molecular complexity index is 939. The van der Waals surface area contributed by atoms with Gasteiger partial charge in [-0.2, -0.15) is 11.3 Å². The van der Waals surface area contributed by atoms with E-state index >= 15 is 0 Å². The van der Waals surface area contributed by atoms with Gasteiger partial charge in [-0.15, -0.1) is 0 Å². The first-order chi connectivity index (χ1) is 13.9. The van der Waals surface area contributed by atoms with Gasteiger partial charge in [-0.3, -0.25) is 19.3 Å². The van der Waals surface area contributed by atoms with Crippen LogP contribution in [-0.2, 0) is 16.1 Å². The van der Waals surface area contributed by atoms with Gasteiger partial charge in [0.15, 0.2) is 6.61 Å². The molecular weight excluding hydrogens is 392 g/mol. The SMILES string of the molecule is CCCCN1C(=O)c2ccc(C(=O)OCC(=O)N(C)Cc3ccsc3)cc2C1=O. The monoisotopic (exact) mass is 414 g/mol. The minimum atomic E-state index is -0.711. The minimum absolute atomic E-state index is 0.135. The van der Waals surface area contributed by atoms with Crippen molar-refractivity contribution in [2.45, 2.75) is 26.3 Å². The van der Waals surface area contributed by atoms with Crippen molar-refractivity contribution in [1.82, 2.24) is 9.80 Å². The molecule has 0 N–H and O–H groups in total. The Morgan fingerprint density at radius 3 is 2.59 bits per heavy atom. The summed E-state index contributed by atoms with van der Waals surface area (Å²) in [5, 5.41) is 3.87. The zero-order chi connectivity index (χ0) is 21.0. The maximum atomic E-state index is 12.5. The molecule has 1 aromatic carbocycles. The van der Waals surface area contributed by atoms with Gasteiger partial charge in [0.2, 0.25) is 0 Å². The number of hydrogen-bond donors (Lipinski definition) is 0. The number of imide groups is 1. The minimum Gasteiger partial charge on any atom is -0.452 e. The van der Waals surface area contributed by atoms with Crippen molar-refractivity contribution < 1.29 is 23.9 Å². The van der Waals surface area contributed by atoms with Gasteiger partial charge in [0, 0.05) is 20.1 Å². The van der Waals surface area contributed by atoms with E-state index in [9.17, 15) is 19.2 Å². The molecule has 2 aromatic rings. The molecule has 1 aliphatic rings. The van der Waals surface area contributed by atoms with E-state index in [0.717, 1.165) is 18.4 Å². The third-order valence-corrected chi connectivity index (χ3v) is 5.43. The zero-order valence-corrected chi connectivity index (χ0v) is 17.2. The summed E-state index contributed by atoms with van der Waals surface area (Å²) in [6.45, 7) is 2.37. The Hall–Kier alpha value is -3.00. The molecule has 3 rings (SSSR count). The molecule has 0 unspecified atom stereocenters. The molecule has 1 aromatic heterocycles. The van der Waals surface area contributed by atoms with Crippen molar-refractivity contribution in [3.63, 3.8) is 0 Å². The number of carbonyl (C=O) groups is 4. The summed E-state index contributed by atoms with van der Waals surface area (Å²) >= 11 is 1.54. The lowest BCUT2D eigenvalue weighted by Crippen LogP contribution is -2.30. The standard InChI is InChI=1S/C21H22N2O5S/c1-3-4-8-23-19(25)16-6-5-15(10-17(16)20(23)26)21(27)28-12-18(24)22(2)11-14-7-9-29-13-14/h5-7,9-10,13H,3-4,8,11-12H2,1-2H3. The summed E-state index contributed by atoms with van der Waals surface area (Å²) in [7, 11) is 1.64. The van der Waals surface area contributed by atoms with Crippen molar-refractivity contribution in [2.24, 2.45) is 0 Å². The van der Waals surface area contributed by atoms with Gasteiger partial charge in [-0.25, -0.2) is 4.79 Å². The van der Waals surface area contributed by atoms with Crippen molar-refractivity contribution in [1.29, 1.82) is 0 Å². The number of rotatable bonds is 8. The van der Waals surface area contributed by atoms with Gasteiger partial charge in [-0.1, -0.05) is 13.3 Å². The fourth-order valence-corrected chi connectivity index (χ4v) is 3.66. The second-order valence-corrected chi connectivity index (χ2v) is 7.61. The molecule has 3 amide bonds. The van der Waals surface area contributed by atoms with E-state index in [1.54, 1.807) is 18.4 Å². The van der Waals surface area contributed by atoms with Gasteiger partial charge in [0.05, 0.1) is 16.7 Å². The average Bonchev–Trinajstić information content (AvgIpc) is 3.31. The fraction of sp³-hybridized carbons (Fsp3) is 0.333. The van der Waals surface area contributed by atoms with E-state index in [4.69, 9.17) is 4.74 Å². The maximum absolute atomic E-state index is 12.5. The van der Waals surface area contributed by atoms with Crippen LogP contribution in [0.15, 0.2) is 35.0 Å². The summed E-state index contributed by atoms with van der Waals surface area (Å²) in [4.78, 5) is 52.0. The van der Waals surface area contributed by atoms with Crippen LogP contribution < -0.4 is 0 Å². The van der Waals surface area contributed by atoms with E-state index in [0.29, 0.717) is 13.1 Å². The molecule has 0 atom stereocenters. The van der Waals surface area contributed by atoms with Crippen LogP contribution in [0, 0.1) is 0 Å². The number of thiophene rings is 1. The van der Waals surface area contributed by atoms with Gasteiger partial charge >= 0.3 is 5.97 Å². The number of fused-ring (bicyclic) bond motifs is 1. The Morgan fingerprint density at radius 1 is 1.14 bits per heavy atom. The second-order valence-electron chi connectivity index (χ2n) is 6.83. The number of benzene rings is 1. The van der Waals surface area contributed by atoms with Gasteiger partial charge in [0.1, 0.15) is 0 Å². The molecule has 0 bridgehead atoms. The summed E-state index contributed by atoms with van der Waals surface area (Å²) in [6.07, 6.45) is 1.58. The topological polar surface area (TPSA) is 84.0 Å². The average molecular weight is 414 g/mol. The number of carbonyl (C=O) groups excluding carboxylic acids is 4. The number of esters is 1. The molecule has 8 heteroatoms. The van der Waals surface area contributed by atoms with Gasteiger partial charge < -0.3 is 9.64 Å². The first-order valence-electron chi connectivity index (χ1n) is 9.34. The van der Waals surface area contributed by atoms with Crippen LogP contribution in [0.3, 0.4) is 0 Å². The summed E-state index contributed by atoms with van der Waals surface area (Å²) < 4.78 is 5.11. The normalized spacial score (nSPS) is 12.8. The predicted octanol–water partition coefficient (Wildman–Crippen LogP) is 2.96. The van der Waals surface area contributed by atoms with E-state index in [-0.39, 0.29) is 28.5 Å². The van der Waals surface area contributed by atoms with Crippen LogP contribution in [0.4, 0.5) is 0 Å². The largest absolute Gasteiger partial charge is 0.452 e. The number of amides is 3. The van der Waals surface area contributed by atoms with Crippen LogP contribution in [0.5, 0.6) is 0 Å². The lowest BCUT2D eigenvalue weighted by atomic mass is 10.1. The third kappa shape index (κ3) is 4.54. The van der Waals surface area contributed by atoms with Crippen LogP contribution in [-0.4, -0.2) is 53.7 Å². The molecule has 2 heterocycles. The Morgan fingerprint density at radius 2 is 1.90 bits per heavy atom. The molecular formula is C21H22N2O5S. The summed E-state index contributed by atoms with van der Waals surface area (Å²) in [5.41, 5.74) is 1.62. The molecule has 29 heavy (non-hydrogen) atoms. The molecule has 0 aliphatic carbocycles. The van der Waals surface area contributed by atoms with Crippen molar-refractivity contribution >= 4 is 35.0 Å². The quantitative estimate of drug-likeness (QED) is 0.490. The van der Waals surface area contributed by atoms with Gasteiger partial charge in [-0.05, 0) is 47.0 Å². The fourth-order valence-electron chi connectivity index (χ4n) is 3.00. The van der Waals surface area contributed by atoms with E-state index < -0.39 is 18.5 Å². The molecule has 0 spiro atoms. The first kappa shape index (κ1) is 20.7. The maximum Gasteiger partial charge on any atom is 0.338 e. The highest BCUT2D eigenvalue weighted by atomic mass is 32.1. The number of likely N-dealkylation sites (N-methyl/N-ethyl adjacent to an activating group) is 1. The Labute approximate surface area is 172 Å². The summed E-state index contributed by atoms with van der Waals surface area (Å²) in [6, 6.07) is 6.19. The van der Waals surface area contributed by atoms with Crippen LogP contribution in [0.2, 0.25) is 0 Å². The third-order valence-electron chi connectivity index (χ3n) is 4.69. The van der Waals surface area contributed by atoms with Crippen molar-refractivity contribution in [3.8, 4) is 0 Å². The van der Waals surface area contributed by atoms with Crippen LogP contribution >= 0.6 is 11.3 Å². The zero-order valence-electron chi connectivity index (χ0n) is 16.3. The predicted molar refractivity (Wildman–Crippen MR) is 108 cm³/mol. The van der Waals surface area contributed by atoms with Gasteiger partial charge in [0.25, 0.3) is 17.7 Å². The molecule has 0 radical (unpaired) electrons. The number of nitrogens with zero attached hydrogens (tertiary/aromatic N) is 2. The Kier molecular flexibility index (Phi) is 6.43. The van der Waals surface area contributed by atoms with Crippen LogP contribution in [0.25, 0.3) is 0 Å². The smallest absolute Gasteiger partial charge is 0.338 e. The molecule has 0 saturated carbocycles. The molecule has 152 valence electrons. The number of unbranched alkanes of at least 4 members (excludes halogenated alkanes) is 1. The van der Waals surface area contributed by atoms with Crippen molar-refractivity contribution in [3.05, 3.63) is 57.3 Å². The molecule has 0 saturated heterocycles. The highest BCUT2D eigenvalue weighted by Crippen LogP contribution is 2.24. The summed E-state index contributed by atoms with van der Waals surface area (Å²) in [5.74, 6) is -1.79. The van der Waals surface area contributed by atoms with E-state index in [2.05, 4.69) is 0 Å². The van der Waals surface area contributed by atoms with Crippen LogP contribution in [0.1, 0.15) is 56.4 Å². The highest BCUT2D eigenvalue weighted by Gasteiger charge is 2.35. The van der Waals surface area contributed by atoms with Crippen molar-refractivity contribution in [2.75, 3.05) is 20.2 Å². The molecule has 7 nitrogen and oxygen atoms in total. The van der Waals surface area contributed by atoms with E-state index in [1.165, 1.54) is 28.0 Å². The molecule has 0 fully saturated rings. The van der Waals surface area contributed by atoms with E-state index in [1.807, 2.05) is 23.8 Å². The Balaban J connectivity index is 1.61. The lowest BCUT2D eigenvalue weighted by molar-refractivity contribution is -0.133. The number of ether oxygens (including phenoxy) is 1. The number of hydrogen-bond acceptors (Lipinski definition) is 6. The molecule has 1 aliphatic heterocycles. The highest BCUT2D eigenvalue weighted by molar-refractivity contribution is 7.07. The second kappa shape index (κ2) is 9.00. The lowest BCUT2D eigenvalue weighted by Gasteiger charge is -2.16. The first-order valence-corrected chi connectivity index (χ1v) is 10.3.